The van der Waals surface area contributed by atoms with Crippen molar-refractivity contribution in [3.05, 3.63) is 52.5 Å². The molecule has 0 unspecified atom stereocenters. The number of hydrogen-bond acceptors (Lipinski definition) is 6. The molecule has 0 bridgehead atoms. The third-order valence-corrected chi connectivity index (χ3v) is 4.10. The Morgan fingerprint density at radius 3 is 2.81 bits per heavy atom. The summed E-state index contributed by atoms with van der Waals surface area (Å²) in [7, 11) is 0. The molecule has 7 nitrogen and oxygen atoms in total. The first kappa shape index (κ1) is 19.1. The van der Waals surface area contributed by atoms with Gasteiger partial charge in [-0.2, -0.15) is 0 Å². The predicted octanol–water partition coefficient (Wildman–Crippen LogP) is 4.03. The molecule has 1 N–H and O–H groups in total. The highest BCUT2D eigenvalue weighted by atomic mass is 35.5. The molecule has 2 heterocycles. The van der Waals surface area contributed by atoms with Crippen LogP contribution in [0.1, 0.15) is 19.2 Å². The summed E-state index contributed by atoms with van der Waals surface area (Å²) in [4.78, 5) is 32.3. The number of aryl methyl sites for hydroxylation is 1. The van der Waals surface area contributed by atoms with Gasteiger partial charge in [0, 0.05) is 12.6 Å². The fourth-order valence-electron chi connectivity index (χ4n) is 2.27. The molecule has 0 saturated carbocycles. The van der Waals surface area contributed by atoms with Crippen LogP contribution >= 0.6 is 23.2 Å². The van der Waals surface area contributed by atoms with E-state index in [0.717, 1.165) is 5.52 Å². The van der Waals surface area contributed by atoms with Crippen LogP contribution in [0.5, 0.6) is 0 Å². The van der Waals surface area contributed by atoms with Gasteiger partial charge in [0.2, 0.25) is 0 Å². The van der Waals surface area contributed by atoms with Crippen LogP contribution in [0.3, 0.4) is 0 Å². The summed E-state index contributed by atoms with van der Waals surface area (Å²) in [5.74, 6) is -0.528. The zero-order valence-electron chi connectivity index (χ0n) is 14.2. The number of aromatic nitrogens is 2. The highest BCUT2D eigenvalue weighted by molar-refractivity contribution is 6.36. The highest BCUT2D eigenvalue weighted by Gasteiger charge is 2.20. The summed E-state index contributed by atoms with van der Waals surface area (Å²) in [5, 5.41) is 3.02. The summed E-state index contributed by atoms with van der Waals surface area (Å²) in [5.41, 5.74) is 1.38. The van der Waals surface area contributed by atoms with E-state index >= 15 is 0 Å². The lowest BCUT2D eigenvalue weighted by molar-refractivity contribution is -0.153. The van der Waals surface area contributed by atoms with Crippen molar-refractivity contribution in [1.29, 1.82) is 0 Å². The minimum absolute atomic E-state index is 0.0321. The molecule has 3 rings (SSSR count). The van der Waals surface area contributed by atoms with Crippen LogP contribution in [0.4, 0.5) is 5.82 Å². The molecule has 0 radical (unpaired) electrons. The van der Waals surface area contributed by atoms with E-state index in [4.69, 9.17) is 32.4 Å². The van der Waals surface area contributed by atoms with Crippen LogP contribution in [0.2, 0.25) is 10.0 Å². The second-order valence-corrected chi connectivity index (χ2v) is 6.52. The first-order valence-corrected chi connectivity index (χ1v) is 8.84. The summed E-state index contributed by atoms with van der Waals surface area (Å²) >= 11 is 11.7. The summed E-state index contributed by atoms with van der Waals surface area (Å²) < 4.78 is 10.7. The Hall–Kier alpha value is -2.64. The van der Waals surface area contributed by atoms with Crippen LogP contribution < -0.4 is 5.32 Å². The zero-order chi connectivity index (χ0) is 19.4. The molecule has 140 valence electrons. The van der Waals surface area contributed by atoms with Crippen molar-refractivity contribution in [2.45, 2.75) is 25.9 Å². The SMILES string of the molecule is C[C@H](OC(=O)CCc1nc2ccccc2o1)C(=O)Nc1ncc(Cl)cc1Cl. The number of esters is 1. The molecule has 0 aliphatic rings. The quantitative estimate of drug-likeness (QED) is 0.619. The standard InChI is InChI=1S/C18H15Cl2N3O4/c1-10(18(25)23-17-12(20)8-11(19)9-21-17)26-16(24)7-6-15-22-13-4-2-3-5-14(13)27-15/h2-5,8-10H,6-7H2,1H3,(H,21,23,25)/t10-/m0/s1. The van der Waals surface area contributed by atoms with Gasteiger partial charge in [-0.05, 0) is 25.1 Å². The predicted molar refractivity (Wildman–Crippen MR) is 101 cm³/mol. The van der Waals surface area contributed by atoms with Gasteiger partial charge in [0.25, 0.3) is 5.91 Å². The average Bonchev–Trinajstić information content (AvgIpc) is 3.05. The number of nitrogens with one attached hydrogen (secondary N) is 1. The molecule has 3 aromatic rings. The molecule has 1 amide bonds. The lowest BCUT2D eigenvalue weighted by Gasteiger charge is -2.13. The van der Waals surface area contributed by atoms with Gasteiger partial charge in [-0.1, -0.05) is 35.3 Å². The second kappa shape index (κ2) is 8.37. The maximum atomic E-state index is 12.1. The zero-order valence-corrected chi connectivity index (χ0v) is 15.8. The number of hydrogen-bond donors (Lipinski definition) is 1. The van der Waals surface area contributed by atoms with Gasteiger partial charge in [0.1, 0.15) is 5.52 Å². The van der Waals surface area contributed by atoms with Crippen molar-refractivity contribution < 1.29 is 18.7 Å². The number of ether oxygens (including phenoxy) is 1. The van der Waals surface area contributed by atoms with E-state index in [1.54, 1.807) is 6.07 Å². The third kappa shape index (κ3) is 4.96. The Morgan fingerprint density at radius 1 is 1.30 bits per heavy atom. The molecule has 0 fully saturated rings. The van der Waals surface area contributed by atoms with Gasteiger partial charge in [0.05, 0.1) is 16.5 Å². The van der Waals surface area contributed by atoms with Crippen LogP contribution in [-0.2, 0) is 20.7 Å². The van der Waals surface area contributed by atoms with Crippen molar-refractivity contribution >= 4 is 52.0 Å². The fourth-order valence-corrected chi connectivity index (χ4v) is 2.70. The van der Waals surface area contributed by atoms with Crippen molar-refractivity contribution in [2.24, 2.45) is 0 Å². The molecule has 9 heteroatoms. The average molecular weight is 408 g/mol. The van der Waals surface area contributed by atoms with E-state index < -0.39 is 18.0 Å². The maximum Gasteiger partial charge on any atom is 0.307 e. The number of pyridine rings is 1. The molecule has 0 saturated heterocycles. The van der Waals surface area contributed by atoms with Crippen molar-refractivity contribution in [3.8, 4) is 0 Å². The third-order valence-electron chi connectivity index (χ3n) is 3.61. The van der Waals surface area contributed by atoms with Gasteiger partial charge in [0.15, 0.2) is 23.4 Å². The molecule has 0 aliphatic heterocycles. The number of carbonyl (C=O) groups is 2. The maximum absolute atomic E-state index is 12.1. The number of para-hydroxylation sites is 2. The van der Waals surface area contributed by atoms with Crippen LogP contribution in [0.15, 0.2) is 40.9 Å². The Kier molecular flexibility index (Phi) is 5.93. The number of oxazole rings is 1. The van der Waals surface area contributed by atoms with E-state index in [-0.39, 0.29) is 23.7 Å². The summed E-state index contributed by atoms with van der Waals surface area (Å²) in [6, 6.07) is 8.76. The highest BCUT2D eigenvalue weighted by Crippen LogP contribution is 2.22. The van der Waals surface area contributed by atoms with Gasteiger partial charge in [-0.25, -0.2) is 9.97 Å². The monoisotopic (exact) mass is 407 g/mol. The smallest absolute Gasteiger partial charge is 0.307 e. The van der Waals surface area contributed by atoms with Gasteiger partial charge < -0.3 is 14.5 Å². The van der Waals surface area contributed by atoms with E-state index in [1.807, 2.05) is 18.2 Å². The Labute approximate surface area is 164 Å². The Balaban J connectivity index is 1.51. The van der Waals surface area contributed by atoms with E-state index in [1.165, 1.54) is 19.2 Å². The van der Waals surface area contributed by atoms with E-state index in [9.17, 15) is 9.59 Å². The van der Waals surface area contributed by atoms with Crippen molar-refractivity contribution in [3.63, 3.8) is 0 Å². The number of anilines is 1. The fraction of sp³-hybridized carbons (Fsp3) is 0.222. The van der Waals surface area contributed by atoms with Crippen LogP contribution in [0, 0.1) is 0 Å². The molecule has 27 heavy (non-hydrogen) atoms. The van der Waals surface area contributed by atoms with Crippen LogP contribution in [0.25, 0.3) is 11.1 Å². The molecule has 1 aromatic carbocycles. The van der Waals surface area contributed by atoms with Gasteiger partial charge >= 0.3 is 5.97 Å². The number of carbonyl (C=O) groups excluding carboxylic acids is 2. The first-order valence-electron chi connectivity index (χ1n) is 8.08. The molecular weight excluding hydrogens is 393 g/mol. The van der Waals surface area contributed by atoms with Crippen LogP contribution in [-0.4, -0.2) is 27.9 Å². The first-order chi connectivity index (χ1) is 12.9. The number of nitrogens with zero attached hydrogens (tertiary/aromatic N) is 2. The minimum Gasteiger partial charge on any atom is -0.453 e. The normalized spacial score (nSPS) is 12.0. The lowest BCUT2D eigenvalue weighted by atomic mass is 10.3. The largest absolute Gasteiger partial charge is 0.453 e. The molecular formula is C18H15Cl2N3O4. The number of fused-ring (bicyclic) bond motifs is 1. The molecule has 2 aromatic heterocycles. The molecule has 0 aliphatic carbocycles. The van der Waals surface area contributed by atoms with Gasteiger partial charge in [-0.15, -0.1) is 0 Å². The number of benzene rings is 1. The minimum atomic E-state index is -1.02. The Bertz CT molecular complexity index is 957. The molecule has 0 spiro atoms. The second-order valence-electron chi connectivity index (χ2n) is 5.68. The number of rotatable bonds is 6. The number of amides is 1. The van der Waals surface area contributed by atoms with Gasteiger partial charge in [-0.3, -0.25) is 9.59 Å². The van der Waals surface area contributed by atoms with E-state index in [2.05, 4.69) is 15.3 Å². The molecule has 1 atom stereocenters. The number of halogens is 2. The summed E-state index contributed by atoms with van der Waals surface area (Å²) in [6.07, 6.45) is 0.631. The Morgan fingerprint density at radius 2 is 2.07 bits per heavy atom. The van der Waals surface area contributed by atoms with E-state index in [0.29, 0.717) is 16.5 Å². The lowest BCUT2D eigenvalue weighted by Crippen LogP contribution is -2.30. The summed E-state index contributed by atoms with van der Waals surface area (Å²) in [6.45, 7) is 1.45. The topological polar surface area (TPSA) is 94.3 Å². The van der Waals surface area contributed by atoms with Crippen molar-refractivity contribution in [2.75, 3.05) is 5.32 Å². The van der Waals surface area contributed by atoms with Crippen molar-refractivity contribution in [1.82, 2.24) is 9.97 Å².